The van der Waals surface area contributed by atoms with Crippen LogP contribution in [0.3, 0.4) is 0 Å². The maximum absolute atomic E-state index is 12.4. The van der Waals surface area contributed by atoms with E-state index in [2.05, 4.69) is 0 Å². The van der Waals surface area contributed by atoms with Crippen LogP contribution in [0.25, 0.3) is 0 Å². The van der Waals surface area contributed by atoms with E-state index < -0.39 is 0 Å². The van der Waals surface area contributed by atoms with Gasteiger partial charge in [0.2, 0.25) is 11.2 Å². The molecule has 6 nitrogen and oxygen atoms in total. The highest BCUT2D eigenvalue weighted by Gasteiger charge is 2.25. The Labute approximate surface area is 133 Å². The molecule has 6 heteroatoms. The van der Waals surface area contributed by atoms with E-state index >= 15 is 0 Å². The molecular formula is C17H17NO5. The largest absolute Gasteiger partial charge is 0.497 e. The average molecular weight is 315 g/mol. The van der Waals surface area contributed by atoms with E-state index in [1.54, 1.807) is 18.9 Å². The number of rotatable bonds is 4. The number of anilines is 1. The lowest BCUT2D eigenvalue weighted by Gasteiger charge is -2.18. The molecule has 0 bridgehead atoms. The SMILES string of the molecule is COc1ccc2c(c1)CCN2C(=O)COc1c(C)occc1=O. The number of amides is 1. The van der Waals surface area contributed by atoms with Gasteiger partial charge in [0.15, 0.2) is 6.61 Å². The fraction of sp³-hybridized carbons (Fsp3) is 0.294. The van der Waals surface area contributed by atoms with Crippen molar-refractivity contribution in [2.24, 2.45) is 0 Å². The van der Waals surface area contributed by atoms with Gasteiger partial charge < -0.3 is 18.8 Å². The van der Waals surface area contributed by atoms with E-state index in [0.29, 0.717) is 12.3 Å². The fourth-order valence-electron chi connectivity index (χ4n) is 2.65. The lowest BCUT2D eigenvalue weighted by atomic mass is 10.1. The van der Waals surface area contributed by atoms with Crippen molar-refractivity contribution in [3.8, 4) is 11.5 Å². The molecular weight excluding hydrogens is 298 g/mol. The van der Waals surface area contributed by atoms with Crippen LogP contribution in [0.4, 0.5) is 5.69 Å². The smallest absolute Gasteiger partial charge is 0.264 e. The summed E-state index contributed by atoms with van der Waals surface area (Å²) >= 11 is 0. The Hall–Kier alpha value is -2.76. The highest BCUT2D eigenvalue weighted by atomic mass is 16.5. The Kier molecular flexibility index (Phi) is 4.06. The summed E-state index contributed by atoms with van der Waals surface area (Å²) in [5, 5.41) is 0. The number of benzene rings is 1. The third kappa shape index (κ3) is 2.92. The maximum Gasteiger partial charge on any atom is 0.264 e. The predicted octanol–water partition coefficient (Wildman–Crippen LogP) is 1.92. The molecule has 0 radical (unpaired) electrons. The van der Waals surface area contributed by atoms with Gasteiger partial charge in [-0.2, -0.15) is 0 Å². The first kappa shape index (κ1) is 15.1. The van der Waals surface area contributed by atoms with Crippen molar-refractivity contribution >= 4 is 11.6 Å². The third-order valence-electron chi connectivity index (χ3n) is 3.83. The van der Waals surface area contributed by atoms with Gasteiger partial charge in [-0.05, 0) is 37.1 Å². The van der Waals surface area contributed by atoms with Gasteiger partial charge in [0.25, 0.3) is 5.91 Å². The molecule has 0 saturated carbocycles. The van der Waals surface area contributed by atoms with Gasteiger partial charge in [-0.15, -0.1) is 0 Å². The fourth-order valence-corrected chi connectivity index (χ4v) is 2.65. The number of ether oxygens (including phenoxy) is 2. The molecule has 2 heterocycles. The van der Waals surface area contributed by atoms with Gasteiger partial charge in [-0.3, -0.25) is 9.59 Å². The van der Waals surface area contributed by atoms with E-state index in [4.69, 9.17) is 13.9 Å². The zero-order valence-corrected chi connectivity index (χ0v) is 13.0. The normalized spacial score (nSPS) is 12.9. The molecule has 0 N–H and O–H groups in total. The minimum absolute atomic E-state index is 0.0787. The standard InChI is InChI=1S/C17H17NO5/c1-11-17(15(19)6-8-22-11)23-10-16(20)18-7-5-12-9-13(21-2)3-4-14(12)18/h3-4,6,8-9H,5,7,10H2,1-2H3. The maximum atomic E-state index is 12.4. The molecule has 1 amide bonds. The molecule has 0 fully saturated rings. The number of hydrogen-bond donors (Lipinski definition) is 0. The molecule has 23 heavy (non-hydrogen) atoms. The van der Waals surface area contributed by atoms with Crippen LogP contribution >= 0.6 is 0 Å². The first-order valence-corrected chi connectivity index (χ1v) is 7.28. The number of carbonyl (C=O) groups is 1. The molecule has 1 aliphatic heterocycles. The Morgan fingerprint density at radius 2 is 2.17 bits per heavy atom. The van der Waals surface area contributed by atoms with E-state index in [1.165, 1.54) is 12.3 Å². The quantitative estimate of drug-likeness (QED) is 0.862. The zero-order valence-electron chi connectivity index (χ0n) is 13.0. The van der Waals surface area contributed by atoms with Crippen LogP contribution in [0.15, 0.2) is 39.7 Å². The Balaban J connectivity index is 1.73. The number of aryl methyl sites for hydroxylation is 1. The van der Waals surface area contributed by atoms with Crippen LogP contribution in [0.5, 0.6) is 11.5 Å². The molecule has 0 unspecified atom stereocenters. The second kappa shape index (κ2) is 6.16. The van der Waals surface area contributed by atoms with Crippen molar-refractivity contribution in [2.45, 2.75) is 13.3 Å². The van der Waals surface area contributed by atoms with Crippen molar-refractivity contribution in [3.63, 3.8) is 0 Å². The van der Waals surface area contributed by atoms with Gasteiger partial charge in [0.05, 0.1) is 13.4 Å². The Bertz CT molecular complexity index is 796. The average Bonchev–Trinajstić information content (AvgIpc) is 2.97. The zero-order chi connectivity index (χ0) is 16.4. The van der Waals surface area contributed by atoms with Crippen LogP contribution in [0.2, 0.25) is 0 Å². The van der Waals surface area contributed by atoms with E-state index in [1.807, 2.05) is 18.2 Å². The summed E-state index contributed by atoms with van der Waals surface area (Å²) in [5.41, 5.74) is 1.62. The first-order valence-electron chi connectivity index (χ1n) is 7.28. The third-order valence-corrected chi connectivity index (χ3v) is 3.83. The molecule has 1 aromatic carbocycles. The number of nitrogens with zero attached hydrogens (tertiary/aromatic N) is 1. The summed E-state index contributed by atoms with van der Waals surface area (Å²) in [6.45, 7) is 2.01. The molecule has 0 atom stereocenters. The number of carbonyl (C=O) groups excluding carboxylic acids is 1. The highest BCUT2D eigenvalue weighted by molar-refractivity contribution is 5.96. The summed E-state index contributed by atoms with van der Waals surface area (Å²) in [6, 6.07) is 6.88. The lowest BCUT2D eigenvalue weighted by Crippen LogP contribution is -2.34. The monoisotopic (exact) mass is 315 g/mol. The number of hydrogen-bond acceptors (Lipinski definition) is 5. The van der Waals surface area contributed by atoms with Crippen LogP contribution in [0.1, 0.15) is 11.3 Å². The van der Waals surface area contributed by atoms with Gasteiger partial charge in [-0.25, -0.2) is 0 Å². The molecule has 120 valence electrons. The van der Waals surface area contributed by atoms with Crippen molar-refractivity contribution in [2.75, 3.05) is 25.2 Å². The van der Waals surface area contributed by atoms with E-state index in [-0.39, 0.29) is 23.7 Å². The van der Waals surface area contributed by atoms with E-state index in [0.717, 1.165) is 23.4 Å². The Morgan fingerprint density at radius 1 is 1.35 bits per heavy atom. The molecule has 0 saturated heterocycles. The topological polar surface area (TPSA) is 69.0 Å². The molecule has 2 aromatic rings. The van der Waals surface area contributed by atoms with Crippen molar-refractivity contribution in [3.05, 3.63) is 52.1 Å². The molecule has 0 spiro atoms. The van der Waals surface area contributed by atoms with E-state index in [9.17, 15) is 9.59 Å². The minimum atomic E-state index is -0.298. The van der Waals surface area contributed by atoms with Crippen molar-refractivity contribution in [1.29, 1.82) is 0 Å². The second-order valence-corrected chi connectivity index (χ2v) is 5.25. The predicted molar refractivity (Wildman–Crippen MR) is 84.3 cm³/mol. The lowest BCUT2D eigenvalue weighted by molar-refractivity contribution is -0.120. The van der Waals surface area contributed by atoms with Gasteiger partial charge in [-0.1, -0.05) is 0 Å². The number of methoxy groups -OCH3 is 1. The molecule has 1 aliphatic rings. The van der Waals surface area contributed by atoms with Crippen LogP contribution in [0, 0.1) is 6.92 Å². The van der Waals surface area contributed by atoms with Crippen LogP contribution < -0.4 is 19.8 Å². The summed E-state index contributed by atoms with van der Waals surface area (Å²) in [5.74, 6) is 1.01. The van der Waals surface area contributed by atoms with Crippen molar-refractivity contribution < 1.29 is 18.7 Å². The second-order valence-electron chi connectivity index (χ2n) is 5.25. The van der Waals surface area contributed by atoms with Gasteiger partial charge in [0.1, 0.15) is 11.5 Å². The summed E-state index contributed by atoms with van der Waals surface area (Å²) in [7, 11) is 1.61. The molecule has 1 aromatic heterocycles. The van der Waals surface area contributed by atoms with Crippen LogP contribution in [-0.4, -0.2) is 26.2 Å². The number of fused-ring (bicyclic) bond motifs is 1. The van der Waals surface area contributed by atoms with Gasteiger partial charge in [0, 0.05) is 18.3 Å². The molecule has 3 rings (SSSR count). The Morgan fingerprint density at radius 3 is 2.91 bits per heavy atom. The van der Waals surface area contributed by atoms with Crippen LogP contribution in [-0.2, 0) is 11.2 Å². The highest BCUT2D eigenvalue weighted by Crippen LogP contribution is 2.31. The summed E-state index contributed by atoms with van der Waals surface area (Å²) in [6.07, 6.45) is 2.07. The van der Waals surface area contributed by atoms with Crippen molar-refractivity contribution in [1.82, 2.24) is 0 Å². The summed E-state index contributed by atoms with van der Waals surface area (Å²) < 4.78 is 15.7. The molecule has 0 aliphatic carbocycles. The first-order chi connectivity index (χ1) is 11.1. The van der Waals surface area contributed by atoms with Gasteiger partial charge >= 0.3 is 0 Å². The summed E-state index contributed by atoms with van der Waals surface area (Å²) in [4.78, 5) is 25.8. The minimum Gasteiger partial charge on any atom is -0.497 e.